The fourth-order valence-electron chi connectivity index (χ4n) is 2.80. The Kier molecular flexibility index (Phi) is 4.65. The van der Waals surface area contributed by atoms with Gasteiger partial charge in [0.2, 0.25) is 0 Å². The van der Waals surface area contributed by atoms with E-state index in [1.54, 1.807) is 0 Å². The van der Waals surface area contributed by atoms with E-state index in [0.29, 0.717) is 5.56 Å². The minimum absolute atomic E-state index is 0.110. The molecule has 0 aliphatic heterocycles. The molecule has 0 atom stereocenters. The van der Waals surface area contributed by atoms with Gasteiger partial charge in [0.15, 0.2) is 0 Å². The van der Waals surface area contributed by atoms with Gasteiger partial charge in [0, 0.05) is 18.3 Å². The fourth-order valence-corrected chi connectivity index (χ4v) is 2.80. The second-order valence-electron chi connectivity index (χ2n) is 6.18. The Hall–Kier alpha value is -2.62. The number of benzene rings is 2. The molecule has 3 rings (SSSR count). The smallest absolute Gasteiger partial charge is 0.255 e. The molecule has 0 saturated heterocycles. The van der Waals surface area contributed by atoms with Crippen molar-refractivity contribution in [3.05, 3.63) is 59.4 Å². The van der Waals surface area contributed by atoms with Gasteiger partial charge in [-0.1, -0.05) is 25.5 Å². The van der Waals surface area contributed by atoms with Crippen LogP contribution in [0.5, 0.6) is 0 Å². The summed E-state index contributed by atoms with van der Waals surface area (Å²) in [6.45, 7) is 4.15. The molecule has 0 spiro atoms. The molecule has 4 nitrogen and oxygen atoms in total. The lowest BCUT2D eigenvalue weighted by Crippen LogP contribution is -2.11. The quantitative estimate of drug-likeness (QED) is 0.753. The Morgan fingerprint density at radius 3 is 2.62 bits per heavy atom. The molecule has 24 heavy (non-hydrogen) atoms. The van der Waals surface area contributed by atoms with Crippen molar-refractivity contribution in [2.75, 3.05) is 5.32 Å². The molecule has 1 N–H and O–H groups in total. The van der Waals surface area contributed by atoms with Crippen LogP contribution in [0.2, 0.25) is 0 Å². The maximum absolute atomic E-state index is 12.5. The van der Waals surface area contributed by atoms with Crippen LogP contribution in [0.1, 0.15) is 41.5 Å². The zero-order valence-electron chi connectivity index (χ0n) is 14.5. The molecule has 0 aliphatic carbocycles. The topological polar surface area (TPSA) is 46.9 Å². The first-order valence-corrected chi connectivity index (χ1v) is 8.42. The van der Waals surface area contributed by atoms with Gasteiger partial charge in [-0.3, -0.25) is 4.79 Å². The largest absolute Gasteiger partial charge is 0.331 e. The Bertz CT molecular complexity index is 862. The summed E-state index contributed by atoms with van der Waals surface area (Å²) < 4.78 is 2.02. The molecule has 4 heteroatoms. The van der Waals surface area contributed by atoms with Crippen molar-refractivity contribution < 1.29 is 4.79 Å². The molecule has 0 aliphatic rings. The van der Waals surface area contributed by atoms with E-state index < -0.39 is 0 Å². The number of carbonyl (C=O) groups is 1. The van der Waals surface area contributed by atoms with Crippen LogP contribution in [0.25, 0.3) is 11.0 Å². The normalized spacial score (nSPS) is 11.0. The Morgan fingerprint density at radius 2 is 1.92 bits per heavy atom. The molecule has 0 unspecified atom stereocenters. The molecule has 1 amide bonds. The predicted octanol–water partition coefficient (Wildman–Crippen LogP) is 4.48. The monoisotopic (exact) mass is 321 g/mol. The number of rotatable bonds is 5. The summed E-state index contributed by atoms with van der Waals surface area (Å²) in [7, 11) is 1.98. The van der Waals surface area contributed by atoms with Gasteiger partial charge in [-0.15, -0.1) is 0 Å². The molecular formula is C20H23N3O. The number of hydrogen-bond donors (Lipinski definition) is 1. The lowest BCUT2D eigenvalue weighted by Gasteiger charge is -2.07. The zero-order valence-corrected chi connectivity index (χ0v) is 14.5. The highest BCUT2D eigenvalue weighted by Crippen LogP contribution is 2.18. The first-order chi connectivity index (χ1) is 11.6. The van der Waals surface area contributed by atoms with Crippen molar-refractivity contribution in [3.63, 3.8) is 0 Å². The van der Waals surface area contributed by atoms with Gasteiger partial charge >= 0.3 is 0 Å². The highest BCUT2D eigenvalue weighted by Gasteiger charge is 2.10. The first kappa shape index (κ1) is 16.2. The van der Waals surface area contributed by atoms with Crippen molar-refractivity contribution >= 4 is 22.6 Å². The number of fused-ring (bicyclic) bond motifs is 1. The highest BCUT2D eigenvalue weighted by atomic mass is 16.1. The number of amides is 1. The highest BCUT2D eigenvalue weighted by molar-refractivity contribution is 6.05. The minimum Gasteiger partial charge on any atom is -0.331 e. The van der Waals surface area contributed by atoms with E-state index in [1.165, 1.54) is 18.4 Å². The molecule has 0 bridgehead atoms. The third-order valence-corrected chi connectivity index (χ3v) is 4.40. The number of hydrogen-bond acceptors (Lipinski definition) is 2. The van der Waals surface area contributed by atoms with Crippen LogP contribution in [0, 0.1) is 6.92 Å². The SMILES string of the molecule is CCCCc1ccc(NC(=O)c2ccc3c(c2)nc(C)n3C)cc1. The van der Waals surface area contributed by atoms with Gasteiger partial charge in [0.05, 0.1) is 11.0 Å². The summed E-state index contributed by atoms with van der Waals surface area (Å²) in [6, 6.07) is 13.7. The summed E-state index contributed by atoms with van der Waals surface area (Å²) in [5.41, 5.74) is 4.62. The standard InChI is InChI=1S/C20H23N3O/c1-4-5-6-15-7-10-17(11-8-15)22-20(24)16-9-12-19-18(13-16)21-14(2)23(19)3/h7-13H,4-6H2,1-3H3,(H,22,24). The average Bonchev–Trinajstić information content (AvgIpc) is 2.88. The van der Waals surface area contributed by atoms with E-state index in [1.807, 2.05) is 48.9 Å². The average molecular weight is 321 g/mol. The Labute approximate surface area is 142 Å². The van der Waals surface area contributed by atoms with E-state index >= 15 is 0 Å². The van der Waals surface area contributed by atoms with Gasteiger partial charge in [-0.2, -0.15) is 0 Å². The van der Waals surface area contributed by atoms with E-state index in [9.17, 15) is 4.79 Å². The van der Waals surface area contributed by atoms with Crippen molar-refractivity contribution in [1.82, 2.24) is 9.55 Å². The number of unbranched alkanes of at least 4 members (excludes halogenated alkanes) is 1. The maximum Gasteiger partial charge on any atom is 0.255 e. The van der Waals surface area contributed by atoms with Crippen LogP contribution in [-0.4, -0.2) is 15.5 Å². The lowest BCUT2D eigenvalue weighted by molar-refractivity contribution is 0.102. The van der Waals surface area contributed by atoms with E-state index in [4.69, 9.17) is 0 Å². The third-order valence-electron chi connectivity index (χ3n) is 4.40. The van der Waals surface area contributed by atoms with Gasteiger partial charge in [0.1, 0.15) is 5.82 Å². The number of nitrogens with one attached hydrogen (secondary N) is 1. The molecule has 1 heterocycles. The van der Waals surface area contributed by atoms with Gasteiger partial charge < -0.3 is 9.88 Å². The first-order valence-electron chi connectivity index (χ1n) is 8.42. The van der Waals surface area contributed by atoms with Crippen LogP contribution in [0.15, 0.2) is 42.5 Å². The summed E-state index contributed by atoms with van der Waals surface area (Å²) in [5.74, 6) is 0.826. The second-order valence-corrected chi connectivity index (χ2v) is 6.18. The minimum atomic E-state index is -0.110. The van der Waals surface area contributed by atoms with Crippen molar-refractivity contribution in [2.45, 2.75) is 33.1 Å². The van der Waals surface area contributed by atoms with Crippen LogP contribution in [0.4, 0.5) is 5.69 Å². The van der Waals surface area contributed by atoms with E-state index in [0.717, 1.165) is 29.0 Å². The number of aromatic nitrogens is 2. The van der Waals surface area contributed by atoms with Crippen LogP contribution < -0.4 is 5.32 Å². The molecule has 1 aromatic heterocycles. The number of nitrogens with zero attached hydrogens (tertiary/aromatic N) is 2. The number of carbonyl (C=O) groups excluding carboxylic acids is 1. The van der Waals surface area contributed by atoms with Gasteiger partial charge in [-0.25, -0.2) is 4.98 Å². The molecule has 0 radical (unpaired) electrons. The van der Waals surface area contributed by atoms with E-state index in [-0.39, 0.29) is 5.91 Å². The molecule has 124 valence electrons. The number of imidazole rings is 1. The van der Waals surface area contributed by atoms with Gasteiger partial charge in [0.25, 0.3) is 5.91 Å². The molecule has 0 fully saturated rings. The summed E-state index contributed by atoms with van der Waals surface area (Å²) in [6.07, 6.45) is 3.46. The Morgan fingerprint density at radius 1 is 1.17 bits per heavy atom. The van der Waals surface area contributed by atoms with Gasteiger partial charge in [-0.05, 0) is 55.7 Å². The van der Waals surface area contributed by atoms with E-state index in [2.05, 4.69) is 29.4 Å². The number of aryl methyl sites for hydroxylation is 3. The van der Waals surface area contributed by atoms with Crippen molar-refractivity contribution in [1.29, 1.82) is 0 Å². The number of anilines is 1. The third kappa shape index (κ3) is 3.32. The molecule has 3 aromatic rings. The maximum atomic E-state index is 12.5. The fraction of sp³-hybridized carbons (Fsp3) is 0.300. The van der Waals surface area contributed by atoms with Crippen LogP contribution in [-0.2, 0) is 13.5 Å². The molecular weight excluding hydrogens is 298 g/mol. The van der Waals surface area contributed by atoms with Crippen LogP contribution >= 0.6 is 0 Å². The van der Waals surface area contributed by atoms with Crippen molar-refractivity contribution in [3.8, 4) is 0 Å². The Balaban J connectivity index is 1.74. The summed E-state index contributed by atoms with van der Waals surface area (Å²) in [4.78, 5) is 16.9. The lowest BCUT2D eigenvalue weighted by atomic mass is 10.1. The molecule has 0 saturated carbocycles. The summed E-state index contributed by atoms with van der Waals surface area (Å²) in [5, 5.41) is 2.95. The predicted molar refractivity (Wildman–Crippen MR) is 98.5 cm³/mol. The zero-order chi connectivity index (χ0) is 17.1. The van der Waals surface area contributed by atoms with Crippen LogP contribution in [0.3, 0.4) is 0 Å². The second kappa shape index (κ2) is 6.87. The summed E-state index contributed by atoms with van der Waals surface area (Å²) >= 11 is 0. The molecule has 2 aromatic carbocycles. The van der Waals surface area contributed by atoms with Crippen molar-refractivity contribution in [2.24, 2.45) is 7.05 Å².